The van der Waals surface area contributed by atoms with E-state index in [0.29, 0.717) is 12.0 Å². The standard InChI is InChI=1S/C17H32N2O3/c1-3-5-15-12-19(8-11-21-4-2)13-16(15)18-17(20)14-6-9-22-10-7-14/h14-16H,3-13H2,1-2H3,(H,18,20)/t15-,16-/m0/s1. The lowest BCUT2D eigenvalue weighted by Crippen LogP contribution is -2.44. The van der Waals surface area contributed by atoms with Gasteiger partial charge in [-0.2, -0.15) is 0 Å². The van der Waals surface area contributed by atoms with Crippen LogP contribution in [-0.4, -0.2) is 62.9 Å². The molecule has 0 aromatic heterocycles. The van der Waals surface area contributed by atoms with E-state index in [1.807, 2.05) is 6.92 Å². The van der Waals surface area contributed by atoms with E-state index in [1.165, 1.54) is 12.8 Å². The van der Waals surface area contributed by atoms with Crippen LogP contribution in [-0.2, 0) is 14.3 Å². The number of carbonyl (C=O) groups excluding carboxylic acids is 1. The predicted octanol–water partition coefficient (Wildman–Crippen LogP) is 1.67. The molecule has 0 aromatic rings. The maximum Gasteiger partial charge on any atom is 0.223 e. The van der Waals surface area contributed by atoms with Gasteiger partial charge in [-0.15, -0.1) is 0 Å². The van der Waals surface area contributed by atoms with Crippen molar-refractivity contribution in [2.45, 2.75) is 45.6 Å². The third-order valence-electron chi connectivity index (χ3n) is 4.85. The molecule has 2 fully saturated rings. The molecule has 5 heteroatoms. The minimum absolute atomic E-state index is 0.147. The largest absolute Gasteiger partial charge is 0.381 e. The molecule has 2 rings (SSSR count). The van der Waals surface area contributed by atoms with Crippen molar-refractivity contribution in [2.75, 3.05) is 46.1 Å². The Labute approximate surface area is 134 Å². The van der Waals surface area contributed by atoms with Crippen LogP contribution in [0.2, 0.25) is 0 Å². The highest BCUT2D eigenvalue weighted by Gasteiger charge is 2.34. The van der Waals surface area contributed by atoms with Crippen molar-refractivity contribution in [3.8, 4) is 0 Å². The van der Waals surface area contributed by atoms with E-state index >= 15 is 0 Å². The van der Waals surface area contributed by atoms with Crippen LogP contribution in [0, 0.1) is 11.8 Å². The number of hydrogen-bond acceptors (Lipinski definition) is 4. The Hall–Kier alpha value is -0.650. The molecule has 1 amide bonds. The lowest BCUT2D eigenvalue weighted by atomic mass is 9.95. The minimum atomic E-state index is 0.147. The molecular formula is C17H32N2O3. The van der Waals surface area contributed by atoms with Crippen LogP contribution in [0.3, 0.4) is 0 Å². The van der Waals surface area contributed by atoms with Gasteiger partial charge < -0.3 is 14.8 Å². The fourth-order valence-electron chi connectivity index (χ4n) is 3.57. The topological polar surface area (TPSA) is 50.8 Å². The van der Waals surface area contributed by atoms with Gasteiger partial charge in [0.2, 0.25) is 5.91 Å². The van der Waals surface area contributed by atoms with Crippen molar-refractivity contribution in [1.29, 1.82) is 0 Å². The number of ether oxygens (including phenoxy) is 2. The summed E-state index contributed by atoms with van der Waals surface area (Å²) in [6.07, 6.45) is 4.09. The summed E-state index contributed by atoms with van der Waals surface area (Å²) in [4.78, 5) is 14.9. The maximum atomic E-state index is 12.5. The van der Waals surface area contributed by atoms with Crippen molar-refractivity contribution in [3.63, 3.8) is 0 Å². The van der Waals surface area contributed by atoms with Crippen molar-refractivity contribution >= 4 is 5.91 Å². The number of rotatable bonds is 8. The molecule has 0 aliphatic carbocycles. The molecule has 22 heavy (non-hydrogen) atoms. The highest BCUT2D eigenvalue weighted by atomic mass is 16.5. The zero-order valence-corrected chi connectivity index (χ0v) is 14.2. The summed E-state index contributed by atoms with van der Waals surface area (Å²) in [7, 11) is 0. The molecule has 0 aromatic carbocycles. The van der Waals surface area contributed by atoms with Crippen LogP contribution in [0.5, 0.6) is 0 Å². The summed E-state index contributed by atoms with van der Waals surface area (Å²) in [5.74, 6) is 0.963. The van der Waals surface area contributed by atoms with Gasteiger partial charge in [0.1, 0.15) is 0 Å². The zero-order chi connectivity index (χ0) is 15.8. The summed E-state index contributed by atoms with van der Waals surface area (Å²) in [6.45, 7) is 10.3. The first kappa shape index (κ1) is 17.7. The van der Waals surface area contributed by atoms with Gasteiger partial charge in [0.25, 0.3) is 0 Å². The molecule has 2 atom stereocenters. The number of carbonyl (C=O) groups is 1. The van der Waals surface area contributed by atoms with Gasteiger partial charge >= 0.3 is 0 Å². The molecule has 0 radical (unpaired) electrons. The van der Waals surface area contributed by atoms with E-state index in [1.54, 1.807) is 0 Å². The summed E-state index contributed by atoms with van der Waals surface area (Å²) >= 11 is 0. The highest BCUT2D eigenvalue weighted by molar-refractivity contribution is 5.79. The van der Waals surface area contributed by atoms with Crippen LogP contribution in [0.15, 0.2) is 0 Å². The summed E-state index contributed by atoms with van der Waals surface area (Å²) in [5.41, 5.74) is 0. The molecule has 2 aliphatic rings. The molecule has 0 unspecified atom stereocenters. The number of amides is 1. The number of likely N-dealkylation sites (tertiary alicyclic amines) is 1. The van der Waals surface area contributed by atoms with Gasteiger partial charge in [-0.1, -0.05) is 13.3 Å². The van der Waals surface area contributed by atoms with Gasteiger partial charge in [0.05, 0.1) is 6.61 Å². The lowest BCUT2D eigenvalue weighted by molar-refractivity contribution is -0.128. The molecule has 0 saturated carbocycles. The molecular weight excluding hydrogens is 280 g/mol. The van der Waals surface area contributed by atoms with Gasteiger partial charge in [0.15, 0.2) is 0 Å². The Bertz CT molecular complexity index is 332. The Morgan fingerprint density at radius 1 is 1.27 bits per heavy atom. The first-order valence-corrected chi connectivity index (χ1v) is 8.92. The molecule has 2 saturated heterocycles. The van der Waals surface area contributed by atoms with Gasteiger partial charge in [-0.25, -0.2) is 0 Å². The second kappa shape index (κ2) is 9.48. The summed E-state index contributed by atoms with van der Waals surface area (Å²) in [5, 5.41) is 3.33. The molecule has 1 N–H and O–H groups in total. The lowest BCUT2D eigenvalue weighted by Gasteiger charge is -2.25. The fraction of sp³-hybridized carbons (Fsp3) is 0.941. The second-order valence-corrected chi connectivity index (χ2v) is 6.51. The van der Waals surface area contributed by atoms with Gasteiger partial charge in [0, 0.05) is 51.4 Å². The number of nitrogens with one attached hydrogen (secondary N) is 1. The monoisotopic (exact) mass is 312 g/mol. The summed E-state index contributed by atoms with van der Waals surface area (Å²) < 4.78 is 10.8. The van der Waals surface area contributed by atoms with Crippen LogP contribution < -0.4 is 5.32 Å². The zero-order valence-electron chi connectivity index (χ0n) is 14.2. The maximum absolute atomic E-state index is 12.5. The average Bonchev–Trinajstić information content (AvgIpc) is 2.90. The Morgan fingerprint density at radius 2 is 2.05 bits per heavy atom. The van der Waals surface area contributed by atoms with Crippen molar-refractivity contribution in [2.24, 2.45) is 11.8 Å². The van der Waals surface area contributed by atoms with Crippen LogP contribution in [0.25, 0.3) is 0 Å². The van der Waals surface area contributed by atoms with E-state index in [9.17, 15) is 4.79 Å². The van der Waals surface area contributed by atoms with Gasteiger partial charge in [-0.05, 0) is 32.1 Å². The molecule has 2 aliphatic heterocycles. The van der Waals surface area contributed by atoms with E-state index in [-0.39, 0.29) is 11.8 Å². The Kier molecular flexibility index (Phi) is 7.63. The fourth-order valence-corrected chi connectivity index (χ4v) is 3.57. The molecule has 128 valence electrons. The van der Waals surface area contributed by atoms with Crippen LogP contribution in [0.4, 0.5) is 0 Å². The molecule has 5 nitrogen and oxygen atoms in total. The van der Waals surface area contributed by atoms with Crippen LogP contribution in [0.1, 0.15) is 39.5 Å². The van der Waals surface area contributed by atoms with E-state index in [0.717, 1.165) is 58.9 Å². The van der Waals surface area contributed by atoms with Crippen molar-refractivity contribution < 1.29 is 14.3 Å². The molecule has 0 spiro atoms. The van der Waals surface area contributed by atoms with Gasteiger partial charge in [-0.3, -0.25) is 9.69 Å². The summed E-state index contributed by atoms with van der Waals surface area (Å²) in [6, 6.07) is 0.303. The first-order chi connectivity index (χ1) is 10.7. The minimum Gasteiger partial charge on any atom is -0.381 e. The third-order valence-corrected chi connectivity index (χ3v) is 4.85. The van der Waals surface area contributed by atoms with Crippen molar-refractivity contribution in [1.82, 2.24) is 10.2 Å². The predicted molar refractivity (Wildman–Crippen MR) is 86.8 cm³/mol. The first-order valence-electron chi connectivity index (χ1n) is 8.92. The van der Waals surface area contributed by atoms with E-state index in [2.05, 4.69) is 17.1 Å². The Balaban J connectivity index is 1.82. The Morgan fingerprint density at radius 3 is 2.73 bits per heavy atom. The third kappa shape index (κ3) is 5.21. The smallest absolute Gasteiger partial charge is 0.223 e. The SMILES string of the molecule is CCC[C@H]1CN(CCOCC)C[C@@H]1NC(=O)C1CCOCC1. The van der Waals surface area contributed by atoms with Crippen LogP contribution >= 0.6 is 0 Å². The average molecular weight is 312 g/mol. The molecule has 0 bridgehead atoms. The van der Waals surface area contributed by atoms with Crippen molar-refractivity contribution in [3.05, 3.63) is 0 Å². The highest BCUT2D eigenvalue weighted by Crippen LogP contribution is 2.23. The quantitative estimate of drug-likeness (QED) is 0.693. The number of nitrogens with zero attached hydrogens (tertiary/aromatic N) is 1. The van der Waals surface area contributed by atoms with E-state index < -0.39 is 0 Å². The molecule has 2 heterocycles. The second-order valence-electron chi connectivity index (χ2n) is 6.51. The number of hydrogen-bond donors (Lipinski definition) is 1. The van der Waals surface area contributed by atoms with E-state index in [4.69, 9.17) is 9.47 Å². The normalized spacial score (nSPS) is 27.2.